The molecule has 2 aromatic rings. The molecule has 2 amide bonds. The third-order valence-corrected chi connectivity index (χ3v) is 7.22. The van der Waals surface area contributed by atoms with Crippen LogP contribution >= 0.6 is 23.2 Å². The molecule has 0 aliphatic rings. The van der Waals surface area contributed by atoms with Gasteiger partial charge in [-0.25, -0.2) is 8.42 Å². The number of nitrogens with one attached hydrogen (secondary N) is 1. The van der Waals surface area contributed by atoms with Gasteiger partial charge in [-0.2, -0.15) is 0 Å². The van der Waals surface area contributed by atoms with Crippen LogP contribution < -0.4 is 19.1 Å². The average molecular weight is 575 g/mol. The number of carbonyl (C=O) groups is 2. The molecule has 204 valence electrons. The zero-order chi connectivity index (χ0) is 28.1. The van der Waals surface area contributed by atoms with Gasteiger partial charge < -0.3 is 19.7 Å². The van der Waals surface area contributed by atoms with Crippen LogP contribution in [0.2, 0.25) is 10.0 Å². The van der Waals surface area contributed by atoms with Crippen LogP contribution in [0.5, 0.6) is 11.5 Å². The van der Waals surface area contributed by atoms with E-state index in [1.807, 2.05) is 20.8 Å². The van der Waals surface area contributed by atoms with E-state index in [9.17, 15) is 18.0 Å². The monoisotopic (exact) mass is 573 g/mol. The fourth-order valence-electron chi connectivity index (χ4n) is 3.49. The maximum absolute atomic E-state index is 13.6. The molecule has 2 rings (SSSR count). The van der Waals surface area contributed by atoms with Crippen molar-refractivity contribution in [1.29, 1.82) is 0 Å². The first kappa shape index (κ1) is 30.5. The number of halogens is 2. The molecular formula is C25H33Cl2N3O6S. The summed E-state index contributed by atoms with van der Waals surface area (Å²) >= 11 is 12.2. The minimum absolute atomic E-state index is 0.00200. The number of sulfonamides is 1. The van der Waals surface area contributed by atoms with Crippen LogP contribution in [-0.2, 0) is 26.2 Å². The van der Waals surface area contributed by atoms with Crippen LogP contribution in [0.15, 0.2) is 36.4 Å². The second-order valence-corrected chi connectivity index (χ2v) is 12.2. The number of hydrogen-bond acceptors (Lipinski definition) is 6. The standard InChI is InChI=1S/C25H33Cl2N3O6S/c1-16(24(32)28-25(2,3)4)29(14-17-8-10-19(26)20(27)12-17)23(31)15-30(37(7,33)34)18-9-11-21(35-5)22(13-18)36-6/h8-13,16H,14-15H2,1-7H3,(H,28,32)/t16-/m1/s1. The van der Waals surface area contributed by atoms with Crippen LogP contribution in [0.3, 0.4) is 0 Å². The summed E-state index contributed by atoms with van der Waals surface area (Å²) in [4.78, 5) is 28.0. The maximum atomic E-state index is 13.6. The number of carbonyl (C=O) groups excluding carboxylic acids is 2. The van der Waals surface area contributed by atoms with Crippen LogP contribution in [-0.4, -0.2) is 63.7 Å². The van der Waals surface area contributed by atoms with Crippen molar-refractivity contribution in [2.75, 3.05) is 31.3 Å². The molecule has 0 fully saturated rings. The summed E-state index contributed by atoms with van der Waals surface area (Å²) in [5.74, 6) is -0.285. The van der Waals surface area contributed by atoms with E-state index in [4.69, 9.17) is 32.7 Å². The quantitative estimate of drug-likeness (QED) is 0.458. The number of rotatable bonds is 10. The fourth-order valence-corrected chi connectivity index (χ4v) is 4.65. The lowest BCUT2D eigenvalue weighted by molar-refractivity contribution is -0.140. The number of nitrogens with zero attached hydrogens (tertiary/aromatic N) is 2. The highest BCUT2D eigenvalue weighted by Crippen LogP contribution is 2.32. The van der Waals surface area contributed by atoms with Crippen molar-refractivity contribution in [2.24, 2.45) is 0 Å². The Hall–Kier alpha value is -2.69. The van der Waals surface area contributed by atoms with Crippen LogP contribution in [0.1, 0.15) is 33.3 Å². The molecule has 2 aromatic carbocycles. The van der Waals surface area contributed by atoms with Gasteiger partial charge in [-0.15, -0.1) is 0 Å². The predicted octanol–water partition coefficient (Wildman–Crippen LogP) is 4.11. The third-order valence-electron chi connectivity index (χ3n) is 5.34. The second-order valence-electron chi connectivity index (χ2n) is 9.49. The number of amides is 2. The van der Waals surface area contributed by atoms with Crippen molar-refractivity contribution in [3.63, 3.8) is 0 Å². The number of methoxy groups -OCH3 is 2. The first-order valence-corrected chi connectivity index (χ1v) is 13.9. The Balaban J connectivity index is 2.48. The summed E-state index contributed by atoms with van der Waals surface area (Å²) in [6.45, 7) is 6.50. The van der Waals surface area contributed by atoms with Gasteiger partial charge in [0.05, 0.1) is 36.2 Å². The van der Waals surface area contributed by atoms with E-state index in [0.29, 0.717) is 27.1 Å². The van der Waals surface area contributed by atoms with Crippen LogP contribution in [0, 0.1) is 0 Å². The highest BCUT2D eigenvalue weighted by Gasteiger charge is 2.31. The Bertz CT molecular complexity index is 1250. The van der Waals surface area contributed by atoms with Gasteiger partial charge in [-0.3, -0.25) is 13.9 Å². The van der Waals surface area contributed by atoms with E-state index < -0.39 is 40.0 Å². The summed E-state index contributed by atoms with van der Waals surface area (Å²) in [7, 11) is -1.02. The number of anilines is 1. The molecule has 12 heteroatoms. The smallest absolute Gasteiger partial charge is 0.244 e. The first-order chi connectivity index (χ1) is 17.1. The van der Waals surface area contributed by atoms with Crippen LogP contribution in [0.4, 0.5) is 5.69 Å². The predicted molar refractivity (Wildman–Crippen MR) is 146 cm³/mol. The normalized spacial score (nSPS) is 12.5. The SMILES string of the molecule is COc1ccc(N(CC(=O)N(Cc2ccc(Cl)c(Cl)c2)[C@H](C)C(=O)NC(C)(C)C)S(C)(=O)=O)cc1OC. The third kappa shape index (κ3) is 8.41. The van der Waals surface area contributed by atoms with Gasteiger partial charge in [-0.05, 0) is 57.5 Å². The lowest BCUT2D eigenvalue weighted by Gasteiger charge is -2.33. The molecule has 0 bridgehead atoms. The molecule has 0 unspecified atom stereocenters. The molecule has 0 aliphatic heterocycles. The largest absolute Gasteiger partial charge is 0.493 e. The maximum Gasteiger partial charge on any atom is 0.244 e. The fraction of sp³-hybridized carbons (Fsp3) is 0.440. The molecule has 0 saturated heterocycles. The lowest BCUT2D eigenvalue weighted by Crippen LogP contribution is -2.54. The molecule has 1 N–H and O–H groups in total. The highest BCUT2D eigenvalue weighted by atomic mass is 35.5. The van der Waals surface area contributed by atoms with Gasteiger partial charge in [0.1, 0.15) is 12.6 Å². The molecule has 0 aliphatic carbocycles. The first-order valence-electron chi connectivity index (χ1n) is 11.3. The van der Waals surface area contributed by atoms with E-state index in [2.05, 4.69) is 5.32 Å². The molecule has 0 saturated carbocycles. The Morgan fingerprint density at radius 1 is 1.00 bits per heavy atom. The summed E-state index contributed by atoms with van der Waals surface area (Å²) < 4.78 is 37.0. The van der Waals surface area contributed by atoms with Crippen molar-refractivity contribution in [2.45, 2.75) is 45.8 Å². The molecule has 0 aromatic heterocycles. The summed E-state index contributed by atoms with van der Waals surface area (Å²) in [6, 6.07) is 8.47. The molecule has 0 radical (unpaired) electrons. The van der Waals surface area contributed by atoms with E-state index >= 15 is 0 Å². The summed E-state index contributed by atoms with van der Waals surface area (Å²) in [6.07, 6.45) is 0.996. The molecular weight excluding hydrogens is 541 g/mol. The van der Waals surface area contributed by atoms with Crippen LogP contribution in [0.25, 0.3) is 0 Å². The van der Waals surface area contributed by atoms with Gasteiger partial charge in [0.25, 0.3) is 0 Å². The van der Waals surface area contributed by atoms with Crippen molar-refractivity contribution < 1.29 is 27.5 Å². The molecule has 9 nitrogen and oxygen atoms in total. The molecule has 1 atom stereocenters. The highest BCUT2D eigenvalue weighted by molar-refractivity contribution is 7.92. The zero-order valence-electron chi connectivity index (χ0n) is 22.0. The van der Waals surface area contributed by atoms with E-state index in [1.165, 1.54) is 31.3 Å². The van der Waals surface area contributed by atoms with E-state index in [1.54, 1.807) is 31.2 Å². The Kier molecular flexibility index (Phi) is 10.1. The van der Waals surface area contributed by atoms with Crippen molar-refractivity contribution in [3.8, 4) is 11.5 Å². The molecule has 37 heavy (non-hydrogen) atoms. The second kappa shape index (κ2) is 12.2. The summed E-state index contributed by atoms with van der Waals surface area (Å²) in [5.41, 5.74) is 0.284. The van der Waals surface area contributed by atoms with Gasteiger partial charge in [0.15, 0.2) is 11.5 Å². The zero-order valence-corrected chi connectivity index (χ0v) is 24.3. The minimum atomic E-state index is -3.90. The van der Waals surface area contributed by atoms with Crippen molar-refractivity contribution >= 4 is 50.7 Å². The average Bonchev–Trinajstić information content (AvgIpc) is 2.80. The van der Waals surface area contributed by atoms with Gasteiger partial charge in [-0.1, -0.05) is 29.3 Å². The Morgan fingerprint density at radius 3 is 2.14 bits per heavy atom. The van der Waals surface area contributed by atoms with E-state index in [0.717, 1.165) is 10.6 Å². The number of benzene rings is 2. The number of ether oxygens (including phenoxy) is 2. The van der Waals surface area contributed by atoms with E-state index in [-0.39, 0.29) is 12.2 Å². The van der Waals surface area contributed by atoms with Crippen molar-refractivity contribution in [3.05, 3.63) is 52.0 Å². The van der Waals surface area contributed by atoms with Gasteiger partial charge in [0, 0.05) is 18.2 Å². The van der Waals surface area contributed by atoms with Gasteiger partial charge in [0.2, 0.25) is 21.8 Å². The van der Waals surface area contributed by atoms with Gasteiger partial charge >= 0.3 is 0 Å². The van der Waals surface area contributed by atoms with Crippen molar-refractivity contribution in [1.82, 2.24) is 10.2 Å². The lowest BCUT2D eigenvalue weighted by atomic mass is 10.1. The number of hydrogen-bond donors (Lipinski definition) is 1. The molecule has 0 spiro atoms. The topological polar surface area (TPSA) is 105 Å². The molecule has 0 heterocycles. The summed E-state index contributed by atoms with van der Waals surface area (Å²) in [5, 5.41) is 3.50. The minimum Gasteiger partial charge on any atom is -0.493 e. The Morgan fingerprint density at radius 2 is 1.62 bits per heavy atom. The Labute approximate surface area is 228 Å².